The second kappa shape index (κ2) is 7.22. The Labute approximate surface area is 137 Å². The number of esters is 1. The summed E-state index contributed by atoms with van der Waals surface area (Å²) in [5.74, 6) is 0.139. The first-order valence-electron chi connectivity index (χ1n) is 6.67. The first kappa shape index (κ1) is 16.2. The summed E-state index contributed by atoms with van der Waals surface area (Å²) in [6.07, 6.45) is 0. The number of para-hydroxylation sites is 1. The average molecular weight is 363 g/mol. The van der Waals surface area contributed by atoms with Crippen molar-refractivity contribution in [2.24, 2.45) is 0 Å². The summed E-state index contributed by atoms with van der Waals surface area (Å²) in [4.78, 5) is 23.3. The molecule has 0 saturated heterocycles. The van der Waals surface area contributed by atoms with Crippen molar-refractivity contribution in [1.82, 2.24) is 0 Å². The minimum Gasteiger partial charge on any atom is -0.482 e. The Morgan fingerprint density at radius 2 is 1.82 bits per heavy atom. The van der Waals surface area contributed by atoms with Crippen LogP contribution in [-0.4, -0.2) is 18.4 Å². The van der Waals surface area contributed by atoms with Crippen LogP contribution in [0.4, 0.5) is 0 Å². The molecule has 0 radical (unpaired) electrons. The van der Waals surface area contributed by atoms with E-state index in [0.29, 0.717) is 11.3 Å². The molecule has 5 heteroatoms. The minimum absolute atomic E-state index is 0.159. The van der Waals surface area contributed by atoms with Crippen molar-refractivity contribution in [2.75, 3.05) is 6.61 Å². The largest absolute Gasteiger partial charge is 0.482 e. The molecular formula is C17H15BrO4. The van der Waals surface area contributed by atoms with Crippen LogP contribution in [0, 0.1) is 6.92 Å². The molecule has 0 amide bonds. The van der Waals surface area contributed by atoms with E-state index in [4.69, 9.17) is 9.47 Å². The van der Waals surface area contributed by atoms with Gasteiger partial charge in [-0.3, -0.25) is 4.79 Å². The summed E-state index contributed by atoms with van der Waals surface area (Å²) in [5, 5.41) is 0. The summed E-state index contributed by atoms with van der Waals surface area (Å²) < 4.78 is 11.6. The number of aryl methyl sites for hydroxylation is 1. The molecule has 0 aromatic heterocycles. The Morgan fingerprint density at radius 3 is 2.50 bits per heavy atom. The van der Waals surface area contributed by atoms with Gasteiger partial charge in [-0.05, 0) is 49.7 Å². The van der Waals surface area contributed by atoms with Gasteiger partial charge in [-0.1, -0.05) is 28.1 Å². The van der Waals surface area contributed by atoms with Gasteiger partial charge in [0.25, 0.3) is 0 Å². The van der Waals surface area contributed by atoms with Crippen molar-refractivity contribution in [3.8, 4) is 11.5 Å². The average Bonchev–Trinajstić information content (AvgIpc) is 2.46. The molecule has 114 valence electrons. The zero-order valence-corrected chi connectivity index (χ0v) is 13.8. The summed E-state index contributed by atoms with van der Waals surface area (Å²) >= 11 is 3.36. The summed E-state index contributed by atoms with van der Waals surface area (Å²) in [6.45, 7) is 3.08. The minimum atomic E-state index is -0.559. The summed E-state index contributed by atoms with van der Waals surface area (Å²) in [7, 11) is 0. The van der Waals surface area contributed by atoms with Crippen LogP contribution < -0.4 is 9.47 Å². The monoisotopic (exact) mass is 362 g/mol. The molecule has 2 aromatic carbocycles. The third kappa shape index (κ3) is 4.18. The van der Waals surface area contributed by atoms with Gasteiger partial charge in [0.05, 0.1) is 5.56 Å². The van der Waals surface area contributed by atoms with Crippen molar-refractivity contribution < 1.29 is 19.1 Å². The van der Waals surface area contributed by atoms with E-state index < -0.39 is 5.97 Å². The van der Waals surface area contributed by atoms with Gasteiger partial charge in [-0.2, -0.15) is 0 Å². The maximum Gasteiger partial charge on any atom is 0.349 e. The molecule has 4 nitrogen and oxygen atoms in total. The molecule has 0 heterocycles. The van der Waals surface area contributed by atoms with Gasteiger partial charge in [0, 0.05) is 4.47 Å². The summed E-state index contributed by atoms with van der Waals surface area (Å²) in [5.41, 5.74) is 1.28. The van der Waals surface area contributed by atoms with Crippen LogP contribution in [0.15, 0.2) is 46.9 Å². The molecular weight excluding hydrogens is 348 g/mol. The van der Waals surface area contributed by atoms with Gasteiger partial charge >= 0.3 is 5.97 Å². The van der Waals surface area contributed by atoms with Crippen molar-refractivity contribution in [2.45, 2.75) is 13.8 Å². The van der Waals surface area contributed by atoms with Crippen LogP contribution in [0.5, 0.6) is 11.5 Å². The highest BCUT2D eigenvalue weighted by Crippen LogP contribution is 2.22. The lowest BCUT2D eigenvalue weighted by atomic mass is 10.1. The summed E-state index contributed by atoms with van der Waals surface area (Å²) in [6, 6.07) is 12.1. The Balaban J connectivity index is 2.00. The van der Waals surface area contributed by atoms with E-state index in [-0.39, 0.29) is 18.1 Å². The number of hydrogen-bond donors (Lipinski definition) is 0. The zero-order valence-electron chi connectivity index (χ0n) is 12.3. The Kier molecular flexibility index (Phi) is 5.33. The van der Waals surface area contributed by atoms with Crippen LogP contribution in [0.1, 0.15) is 22.8 Å². The maximum absolute atomic E-state index is 11.9. The van der Waals surface area contributed by atoms with Crippen LogP contribution in [0.3, 0.4) is 0 Å². The molecule has 0 aliphatic carbocycles. The molecule has 2 rings (SSSR count). The predicted molar refractivity (Wildman–Crippen MR) is 86.5 cm³/mol. The number of carbonyl (C=O) groups excluding carboxylic acids is 2. The number of rotatable bonds is 5. The van der Waals surface area contributed by atoms with E-state index in [1.807, 2.05) is 19.1 Å². The van der Waals surface area contributed by atoms with Crippen molar-refractivity contribution >= 4 is 27.7 Å². The van der Waals surface area contributed by atoms with E-state index in [0.717, 1.165) is 10.0 Å². The maximum atomic E-state index is 11.9. The van der Waals surface area contributed by atoms with Crippen LogP contribution >= 0.6 is 15.9 Å². The lowest BCUT2D eigenvalue weighted by Crippen LogP contribution is -2.19. The first-order valence-corrected chi connectivity index (χ1v) is 7.46. The zero-order chi connectivity index (χ0) is 16.1. The number of ether oxygens (including phenoxy) is 2. The molecule has 0 N–H and O–H groups in total. The van der Waals surface area contributed by atoms with E-state index in [2.05, 4.69) is 15.9 Å². The fraction of sp³-hybridized carbons (Fsp3) is 0.176. The molecule has 22 heavy (non-hydrogen) atoms. The Hall–Kier alpha value is -2.14. The van der Waals surface area contributed by atoms with Gasteiger partial charge in [0.15, 0.2) is 12.4 Å². The van der Waals surface area contributed by atoms with Crippen LogP contribution in [0.2, 0.25) is 0 Å². The number of benzene rings is 2. The molecule has 2 aromatic rings. The van der Waals surface area contributed by atoms with Gasteiger partial charge in [0.2, 0.25) is 0 Å². The van der Waals surface area contributed by atoms with E-state index in [9.17, 15) is 9.59 Å². The van der Waals surface area contributed by atoms with E-state index in [1.165, 1.54) is 6.92 Å². The second-order valence-corrected chi connectivity index (χ2v) is 5.64. The van der Waals surface area contributed by atoms with Crippen molar-refractivity contribution in [1.29, 1.82) is 0 Å². The Bertz CT molecular complexity index is 710. The molecule has 0 fully saturated rings. The third-order valence-electron chi connectivity index (χ3n) is 2.97. The number of ketones is 1. The first-order chi connectivity index (χ1) is 10.5. The topological polar surface area (TPSA) is 52.6 Å². The number of hydrogen-bond acceptors (Lipinski definition) is 4. The number of carbonyl (C=O) groups is 2. The third-order valence-corrected chi connectivity index (χ3v) is 3.47. The van der Waals surface area contributed by atoms with Gasteiger partial charge in [-0.25, -0.2) is 4.79 Å². The fourth-order valence-electron chi connectivity index (χ4n) is 1.91. The van der Waals surface area contributed by atoms with Crippen LogP contribution in [0.25, 0.3) is 0 Å². The normalized spacial score (nSPS) is 10.1. The van der Waals surface area contributed by atoms with E-state index in [1.54, 1.807) is 30.3 Å². The molecule has 0 unspecified atom stereocenters. The predicted octanol–water partition coefficient (Wildman–Crippen LogP) is 3.94. The molecule has 0 bridgehead atoms. The second-order valence-electron chi connectivity index (χ2n) is 4.72. The Morgan fingerprint density at radius 1 is 1.09 bits per heavy atom. The van der Waals surface area contributed by atoms with Gasteiger partial charge in [0.1, 0.15) is 11.5 Å². The smallest absolute Gasteiger partial charge is 0.349 e. The quantitative estimate of drug-likeness (QED) is 0.459. The van der Waals surface area contributed by atoms with Gasteiger partial charge in [-0.15, -0.1) is 0 Å². The number of halogens is 1. The lowest BCUT2D eigenvalue weighted by molar-refractivity contribution is -0.136. The van der Waals surface area contributed by atoms with E-state index >= 15 is 0 Å². The highest BCUT2D eigenvalue weighted by Gasteiger charge is 2.13. The highest BCUT2D eigenvalue weighted by molar-refractivity contribution is 9.10. The molecule has 0 atom stereocenters. The van der Waals surface area contributed by atoms with Gasteiger partial charge < -0.3 is 9.47 Å². The molecule has 0 aliphatic heterocycles. The molecule has 0 aliphatic rings. The highest BCUT2D eigenvalue weighted by atomic mass is 79.9. The van der Waals surface area contributed by atoms with Crippen molar-refractivity contribution in [3.63, 3.8) is 0 Å². The lowest BCUT2D eigenvalue weighted by Gasteiger charge is -2.10. The van der Waals surface area contributed by atoms with Crippen LogP contribution in [-0.2, 0) is 4.79 Å². The standard InChI is InChI=1S/C17H15BrO4/c1-11-9-13(18)7-8-15(11)21-10-17(20)22-16-6-4-3-5-14(16)12(2)19/h3-9H,10H2,1-2H3. The SMILES string of the molecule is CC(=O)c1ccccc1OC(=O)COc1ccc(Br)cc1C. The van der Waals surface area contributed by atoms with Crippen molar-refractivity contribution in [3.05, 3.63) is 58.1 Å². The molecule has 0 spiro atoms. The molecule has 0 saturated carbocycles. The number of Topliss-reactive ketones (excluding diaryl/α,β-unsaturated/α-hetero) is 1. The fourth-order valence-corrected chi connectivity index (χ4v) is 2.39.